The van der Waals surface area contributed by atoms with Crippen LogP contribution < -0.4 is 4.74 Å². The zero-order valence-corrected chi connectivity index (χ0v) is 18.7. The highest BCUT2D eigenvalue weighted by Crippen LogP contribution is 2.31. The van der Waals surface area contributed by atoms with Crippen molar-refractivity contribution in [2.45, 2.75) is 26.4 Å². The second-order valence-electron chi connectivity index (χ2n) is 6.93. The molecule has 0 saturated carbocycles. The summed E-state index contributed by atoms with van der Waals surface area (Å²) in [6.07, 6.45) is -5.50. The van der Waals surface area contributed by atoms with E-state index in [0.717, 1.165) is 0 Å². The maximum Gasteiger partial charge on any atom is 0.393 e. The summed E-state index contributed by atoms with van der Waals surface area (Å²) in [6.45, 7) is 8.27. The van der Waals surface area contributed by atoms with Crippen molar-refractivity contribution in [2.24, 2.45) is 0 Å². The third-order valence-electron chi connectivity index (χ3n) is 4.31. The van der Waals surface area contributed by atoms with E-state index in [2.05, 4.69) is 6.58 Å². The summed E-state index contributed by atoms with van der Waals surface area (Å²) < 4.78 is 64.7. The lowest BCUT2D eigenvalue weighted by molar-refractivity contribution is -0.140. The van der Waals surface area contributed by atoms with Crippen LogP contribution in [0, 0.1) is 11.6 Å². The van der Waals surface area contributed by atoms with Gasteiger partial charge in [-0.3, -0.25) is 0 Å². The molecule has 0 aliphatic carbocycles. The van der Waals surface area contributed by atoms with Gasteiger partial charge in [0.2, 0.25) is 0 Å². The zero-order valence-electron chi connectivity index (χ0n) is 17.9. The van der Waals surface area contributed by atoms with Crippen LogP contribution in [0.25, 0.3) is 11.0 Å². The number of fused-ring (bicyclic) bond motifs is 1. The van der Waals surface area contributed by atoms with Crippen LogP contribution in [-0.4, -0.2) is 51.8 Å². The standard InChI is InChI=1S/C22H25F3O6S/c1-14(2)20(26)30-11-9-28-7-6-27-8-10-29-16-4-5-17-15(3)18(13-22(23,24)25)21(32)31-19(17)12-16/h4-5,12H,1,6-11,13H2,2-3H3. The summed E-state index contributed by atoms with van der Waals surface area (Å²) >= 11 is 5.01. The first kappa shape index (κ1) is 25.8. The van der Waals surface area contributed by atoms with Crippen molar-refractivity contribution in [3.63, 3.8) is 0 Å². The number of benzene rings is 1. The summed E-state index contributed by atoms with van der Waals surface area (Å²) in [5.74, 6) is 0.0297. The van der Waals surface area contributed by atoms with E-state index >= 15 is 0 Å². The topological polar surface area (TPSA) is 67.1 Å². The minimum atomic E-state index is -4.37. The van der Waals surface area contributed by atoms with E-state index < -0.39 is 18.6 Å². The first-order valence-corrected chi connectivity index (χ1v) is 10.2. The fourth-order valence-electron chi connectivity index (χ4n) is 2.73. The second-order valence-corrected chi connectivity index (χ2v) is 7.30. The number of aryl methyl sites for hydroxylation is 1. The molecule has 0 aliphatic heterocycles. The van der Waals surface area contributed by atoms with E-state index in [0.29, 0.717) is 47.7 Å². The van der Waals surface area contributed by atoms with Gasteiger partial charge in [0, 0.05) is 22.6 Å². The number of carbonyl (C=O) groups excluding carboxylic acids is 1. The van der Waals surface area contributed by atoms with Gasteiger partial charge in [0.1, 0.15) is 24.5 Å². The summed E-state index contributed by atoms with van der Waals surface area (Å²) in [5, 5.41) is 0.549. The Kier molecular flexibility index (Phi) is 9.67. The number of carbonyl (C=O) groups is 1. The Bertz CT molecular complexity index is 1000. The smallest absolute Gasteiger partial charge is 0.393 e. The van der Waals surface area contributed by atoms with Gasteiger partial charge < -0.3 is 23.4 Å². The molecule has 0 N–H and O–H groups in total. The molecular formula is C22H25F3O6S. The molecular weight excluding hydrogens is 449 g/mol. The zero-order chi connectivity index (χ0) is 23.7. The lowest BCUT2D eigenvalue weighted by Gasteiger charge is -2.12. The SMILES string of the molecule is C=C(C)C(=O)OCCOCCOCCOc1ccc2c(C)c(CC(F)(F)F)c(=S)oc2c1. The molecule has 1 aromatic carbocycles. The van der Waals surface area contributed by atoms with Crippen LogP contribution in [-0.2, 0) is 25.4 Å². The molecule has 176 valence electrons. The number of hydrogen-bond donors (Lipinski definition) is 0. The Morgan fingerprint density at radius 3 is 2.34 bits per heavy atom. The molecule has 0 radical (unpaired) electrons. The molecule has 1 heterocycles. The van der Waals surface area contributed by atoms with E-state index in [1.807, 2.05) is 0 Å². The van der Waals surface area contributed by atoms with E-state index in [-0.39, 0.29) is 30.1 Å². The summed E-state index contributed by atoms with van der Waals surface area (Å²) in [7, 11) is 0. The van der Waals surface area contributed by atoms with Gasteiger partial charge in [-0.1, -0.05) is 6.58 Å². The van der Waals surface area contributed by atoms with Gasteiger partial charge in [0.15, 0.2) is 4.71 Å². The Morgan fingerprint density at radius 1 is 1.09 bits per heavy atom. The minimum absolute atomic E-state index is 0.0294. The lowest BCUT2D eigenvalue weighted by Crippen LogP contribution is -2.14. The molecule has 0 aliphatic rings. The Labute approximate surface area is 188 Å². The van der Waals surface area contributed by atoms with Crippen LogP contribution in [0.15, 0.2) is 34.8 Å². The van der Waals surface area contributed by atoms with Gasteiger partial charge in [-0.05, 0) is 43.8 Å². The van der Waals surface area contributed by atoms with E-state index in [9.17, 15) is 18.0 Å². The third kappa shape index (κ3) is 8.25. The average molecular weight is 474 g/mol. The van der Waals surface area contributed by atoms with E-state index in [1.165, 1.54) is 0 Å². The normalized spacial score (nSPS) is 11.5. The number of halogens is 3. The molecule has 0 saturated heterocycles. The maximum atomic E-state index is 12.8. The molecule has 0 unspecified atom stereocenters. The fraction of sp³-hybridized carbons (Fsp3) is 0.455. The van der Waals surface area contributed by atoms with Crippen molar-refractivity contribution >= 4 is 29.2 Å². The largest absolute Gasteiger partial charge is 0.491 e. The number of alkyl halides is 3. The third-order valence-corrected chi connectivity index (χ3v) is 4.64. The molecule has 0 amide bonds. The first-order valence-electron chi connectivity index (χ1n) is 9.82. The summed E-state index contributed by atoms with van der Waals surface area (Å²) in [4.78, 5) is 11.2. The van der Waals surface area contributed by atoms with Crippen LogP contribution >= 0.6 is 12.2 Å². The highest BCUT2D eigenvalue weighted by molar-refractivity contribution is 7.71. The van der Waals surface area contributed by atoms with Gasteiger partial charge in [-0.25, -0.2) is 4.79 Å². The number of ether oxygens (including phenoxy) is 4. The van der Waals surface area contributed by atoms with Crippen molar-refractivity contribution in [1.82, 2.24) is 0 Å². The molecule has 0 bridgehead atoms. The van der Waals surface area contributed by atoms with Gasteiger partial charge in [-0.2, -0.15) is 13.2 Å². The Hall–Kier alpha value is -2.43. The van der Waals surface area contributed by atoms with Crippen LogP contribution in [0.4, 0.5) is 13.2 Å². The average Bonchev–Trinajstić information content (AvgIpc) is 2.71. The van der Waals surface area contributed by atoms with Crippen molar-refractivity contribution in [3.8, 4) is 5.75 Å². The Morgan fingerprint density at radius 2 is 1.72 bits per heavy atom. The van der Waals surface area contributed by atoms with Crippen molar-refractivity contribution < 1.29 is 41.3 Å². The summed E-state index contributed by atoms with van der Waals surface area (Å²) in [6, 6.07) is 4.89. The Balaban J connectivity index is 1.74. The van der Waals surface area contributed by atoms with Crippen molar-refractivity contribution in [3.05, 3.63) is 46.2 Å². The first-order chi connectivity index (χ1) is 15.1. The summed E-state index contributed by atoms with van der Waals surface area (Å²) in [5.41, 5.74) is 1.10. The molecule has 0 spiro atoms. The van der Waals surface area contributed by atoms with E-state index in [4.69, 9.17) is 35.6 Å². The number of esters is 1. The highest BCUT2D eigenvalue weighted by atomic mass is 32.1. The lowest BCUT2D eigenvalue weighted by atomic mass is 10.0. The molecule has 0 atom stereocenters. The predicted molar refractivity (Wildman–Crippen MR) is 114 cm³/mol. The van der Waals surface area contributed by atoms with Gasteiger partial charge >= 0.3 is 12.1 Å². The molecule has 32 heavy (non-hydrogen) atoms. The quantitative estimate of drug-likeness (QED) is 0.183. The highest BCUT2D eigenvalue weighted by Gasteiger charge is 2.30. The number of hydrogen-bond acceptors (Lipinski definition) is 7. The minimum Gasteiger partial charge on any atom is -0.491 e. The second kappa shape index (κ2) is 12.0. The van der Waals surface area contributed by atoms with Crippen molar-refractivity contribution in [2.75, 3.05) is 39.6 Å². The van der Waals surface area contributed by atoms with Crippen molar-refractivity contribution in [1.29, 1.82) is 0 Å². The van der Waals surface area contributed by atoms with Crippen LogP contribution in [0.2, 0.25) is 0 Å². The van der Waals surface area contributed by atoms with Crippen LogP contribution in [0.1, 0.15) is 18.1 Å². The maximum absolute atomic E-state index is 12.8. The van der Waals surface area contributed by atoms with Gasteiger partial charge in [0.05, 0.1) is 32.8 Å². The molecule has 2 rings (SSSR count). The molecule has 0 fully saturated rings. The fourth-order valence-corrected chi connectivity index (χ4v) is 3.04. The predicted octanol–water partition coefficient (Wildman–Crippen LogP) is 5.11. The molecule has 6 nitrogen and oxygen atoms in total. The van der Waals surface area contributed by atoms with Crippen LogP contribution in [0.3, 0.4) is 0 Å². The number of rotatable bonds is 12. The van der Waals surface area contributed by atoms with E-state index in [1.54, 1.807) is 32.0 Å². The van der Waals surface area contributed by atoms with Gasteiger partial charge in [0.25, 0.3) is 0 Å². The molecule has 1 aromatic heterocycles. The van der Waals surface area contributed by atoms with Crippen LogP contribution in [0.5, 0.6) is 5.75 Å². The molecule has 2 aromatic rings. The molecule has 10 heteroatoms. The monoisotopic (exact) mass is 474 g/mol. The van der Waals surface area contributed by atoms with Gasteiger partial charge in [-0.15, -0.1) is 0 Å².